The largest absolute Gasteiger partial charge is 0.471 e. The molecule has 1 aliphatic heterocycles. The van der Waals surface area contributed by atoms with Crippen molar-refractivity contribution in [3.8, 4) is 5.88 Å². The number of likely N-dealkylation sites (tertiary alicyclic amines) is 1. The summed E-state index contributed by atoms with van der Waals surface area (Å²) in [6, 6.07) is 2.88. The van der Waals surface area contributed by atoms with Crippen LogP contribution in [0.3, 0.4) is 0 Å². The number of hydrogen-bond donors (Lipinski definition) is 1. The highest BCUT2D eigenvalue weighted by Crippen LogP contribution is 2.19. The summed E-state index contributed by atoms with van der Waals surface area (Å²) < 4.78 is 5.85. The SMILES string of the molecule is CN(C)c1cncc(OC2CCN(C(=O)c3ccc(=O)[nH]c3)C2)n1. The lowest BCUT2D eigenvalue weighted by molar-refractivity contribution is 0.0770. The van der Waals surface area contributed by atoms with Crippen LogP contribution in [0.5, 0.6) is 5.88 Å². The Bertz CT molecular complexity index is 769. The number of pyridine rings is 1. The van der Waals surface area contributed by atoms with Crippen molar-refractivity contribution < 1.29 is 9.53 Å². The first-order chi connectivity index (χ1) is 11.5. The monoisotopic (exact) mass is 329 g/mol. The molecule has 1 unspecified atom stereocenters. The molecule has 1 amide bonds. The van der Waals surface area contributed by atoms with Crippen molar-refractivity contribution in [1.82, 2.24) is 19.9 Å². The number of H-pyrrole nitrogens is 1. The van der Waals surface area contributed by atoms with Crippen molar-refractivity contribution in [3.63, 3.8) is 0 Å². The van der Waals surface area contributed by atoms with Gasteiger partial charge in [0.1, 0.15) is 6.10 Å². The minimum atomic E-state index is -0.228. The molecule has 1 aliphatic rings. The number of aromatic amines is 1. The van der Waals surface area contributed by atoms with Gasteiger partial charge in [0.2, 0.25) is 11.4 Å². The molecule has 126 valence electrons. The van der Waals surface area contributed by atoms with Crippen LogP contribution in [0, 0.1) is 0 Å². The van der Waals surface area contributed by atoms with Crippen molar-refractivity contribution >= 4 is 11.7 Å². The van der Waals surface area contributed by atoms with Crippen LogP contribution in [0.2, 0.25) is 0 Å². The van der Waals surface area contributed by atoms with Crippen molar-refractivity contribution in [2.24, 2.45) is 0 Å². The molecule has 1 N–H and O–H groups in total. The van der Waals surface area contributed by atoms with E-state index in [0.29, 0.717) is 30.4 Å². The molecule has 1 fully saturated rings. The summed E-state index contributed by atoms with van der Waals surface area (Å²) in [5.74, 6) is 1.04. The first-order valence-electron chi connectivity index (χ1n) is 7.67. The third-order valence-electron chi connectivity index (χ3n) is 3.81. The summed E-state index contributed by atoms with van der Waals surface area (Å²) in [7, 11) is 3.77. The van der Waals surface area contributed by atoms with Crippen LogP contribution in [-0.2, 0) is 0 Å². The highest BCUT2D eigenvalue weighted by Gasteiger charge is 2.28. The van der Waals surface area contributed by atoms with Crippen LogP contribution in [-0.4, -0.2) is 59.0 Å². The second kappa shape index (κ2) is 6.69. The summed E-state index contributed by atoms with van der Waals surface area (Å²) in [5, 5.41) is 0. The van der Waals surface area contributed by atoms with Gasteiger partial charge in [0, 0.05) is 39.3 Å². The minimum Gasteiger partial charge on any atom is -0.471 e. The summed E-state index contributed by atoms with van der Waals surface area (Å²) in [6.07, 6.45) is 5.27. The third kappa shape index (κ3) is 3.53. The van der Waals surface area contributed by atoms with Gasteiger partial charge in [-0.05, 0) is 6.07 Å². The minimum absolute atomic E-state index is 0.120. The van der Waals surface area contributed by atoms with Gasteiger partial charge in [-0.15, -0.1) is 0 Å². The van der Waals surface area contributed by atoms with Gasteiger partial charge >= 0.3 is 0 Å². The van der Waals surface area contributed by atoms with Crippen molar-refractivity contribution in [2.75, 3.05) is 32.1 Å². The van der Waals surface area contributed by atoms with Crippen LogP contribution in [0.1, 0.15) is 16.8 Å². The first-order valence-corrected chi connectivity index (χ1v) is 7.67. The molecule has 24 heavy (non-hydrogen) atoms. The summed E-state index contributed by atoms with van der Waals surface area (Å²) >= 11 is 0. The van der Waals surface area contributed by atoms with Crippen molar-refractivity contribution in [1.29, 1.82) is 0 Å². The molecule has 2 aromatic rings. The number of carbonyl (C=O) groups is 1. The number of rotatable bonds is 4. The van der Waals surface area contributed by atoms with Gasteiger partial charge in [-0.1, -0.05) is 0 Å². The van der Waals surface area contributed by atoms with Crippen LogP contribution in [0.25, 0.3) is 0 Å². The normalized spacial score (nSPS) is 16.9. The van der Waals surface area contributed by atoms with E-state index in [4.69, 9.17) is 4.74 Å². The zero-order valence-corrected chi connectivity index (χ0v) is 13.6. The first kappa shape index (κ1) is 16.0. The lowest BCUT2D eigenvalue weighted by Gasteiger charge is -2.17. The number of nitrogens with one attached hydrogen (secondary N) is 1. The Balaban J connectivity index is 1.63. The van der Waals surface area contributed by atoms with E-state index in [1.54, 1.807) is 17.3 Å². The summed E-state index contributed by atoms with van der Waals surface area (Å²) in [4.78, 5) is 38.1. The fourth-order valence-corrected chi connectivity index (χ4v) is 2.52. The lowest BCUT2D eigenvalue weighted by Crippen LogP contribution is -2.31. The Labute approximate surface area is 139 Å². The molecule has 0 spiro atoms. The zero-order valence-electron chi connectivity index (χ0n) is 13.6. The molecule has 2 aromatic heterocycles. The second-order valence-corrected chi connectivity index (χ2v) is 5.83. The van der Waals surface area contributed by atoms with E-state index in [1.165, 1.54) is 18.3 Å². The molecule has 8 nitrogen and oxygen atoms in total. The Morgan fingerprint density at radius 2 is 2.21 bits per heavy atom. The Morgan fingerprint density at radius 3 is 2.92 bits per heavy atom. The molecule has 0 aliphatic carbocycles. The Morgan fingerprint density at radius 1 is 1.38 bits per heavy atom. The Hall–Kier alpha value is -2.90. The average molecular weight is 329 g/mol. The Kier molecular flexibility index (Phi) is 4.45. The summed E-state index contributed by atoms with van der Waals surface area (Å²) in [6.45, 7) is 1.08. The molecular formula is C16H19N5O3. The number of anilines is 1. The molecular weight excluding hydrogens is 310 g/mol. The van der Waals surface area contributed by atoms with Crippen LogP contribution >= 0.6 is 0 Å². The summed E-state index contributed by atoms with van der Waals surface area (Å²) in [5.41, 5.74) is 0.234. The maximum absolute atomic E-state index is 12.4. The van der Waals surface area contributed by atoms with E-state index < -0.39 is 0 Å². The third-order valence-corrected chi connectivity index (χ3v) is 3.81. The number of ether oxygens (including phenoxy) is 1. The quantitative estimate of drug-likeness (QED) is 0.879. The van der Waals surface area contributed by atoms with E-state index in [0.717, 1.165) is 6.42 Å². The number of aromatic nitrogens is 3. The molecule has 3 rings (SSSR count). The number of amides is 1. The van der Waals surface area contributed by atoms with Crippen molar-refractivity contribution in [3.05, 3.63) is 46.6 Å². The lowest BCUT2D eigenvalue weighted by atomic mass is 10.2. The number of hydrogen-bond acceptors (Lipinski definition) is 6. The van der Waals surface area contributed by atoms with Gasteiger partial charge in [0.05, 0.1) is 24.5 Å². The predicted octanol–water partition coefficient (Wildman–Crippen LogP) is 0.524. The molecule has 0 radical (unpaired) electrons. The molecule has 0 saturated carbocycles. The smallest absolute Gasteiger partial charge is 0.255 e. The molecule has 0 bridgehead atoms. The topological polar surface area (TPSA) is 91.4 Å². The standard InChI is InChI=1S/C16H19N5O3/c1-20(2)13-8-17-9-15(19-13)24-12-5-6-21(10-12)16(23)11-3-4-14(22)18-7-11/h3-4,7-9,12H,5-6,10H2,1-2H3,(H,18,22). The van der Waals surface area contributed by atoms with Gasteiger partial charge in [0.25, 0.3) is 5.91 Å². The highest BCUT2D eigenvalue weighted by molar-refractivity contribution is 5.94. The molecule has 3 heterocycles. The number of carbonyl (C=O) groups excluding carboxylic acids is 1. The van der Waals surface area contributed by atoms with Gasteiger partial charge in [-0.25, -0.2) is 0 Å². The van der Waals surface area contributed by atoms with E-state index in [1.807, 2.05) is 19.0 Å². The molecule has 1 saturated heterocycles. The molecule has 0 aromatic carbocycles. The predicted molar refractivity (Wildman–Crippen MR) is 88.4 cm³/mol. The van der Waals surface area contributed by atoms with Gasteiger partial charge < -0.3 is 19.5 Å². The fraction of sp³-hybridized carbons (Fsp3) is 0.375. The molecule has 8 heteroatoms. The average Bonchev–Trinajstić information content (AvgIpc) is 3.03. The fourth-order valence-electron chi connectivity index (χ4n) is 2.52. The van der Waals surface area contributed by atoms with Gasteiger partial charge in [0.15, 0.2) is 5.82 Å². The zero-order chi connectivity index (χ0) is 17.1. The van der Waals surface area contributed by atoms with E-state index >= 15 is 0 Å². The van der Waals surface area contributed by atoms with E-state index in [9.17, 15) is 9.59 Å². The van der Waals surface area contributed by atoms with Crippen LogP contribution < -0.4 is 15.2 Å². The van der Waals surface area contributed by atoms with Crippen LogP contribution in [0.15, 0.2) is 35.5 Å². The van der Waals surface area contributed by atoms with E-state index in [2.05, 4.69) is 15.0 Å². The second-order valence-electron chi connectivity index (χ2n) is 5.83. The highest BCUT2D eigenvalue weighted by atomic mass is 16.5. The van der Waals surface area contributed by atoms with Crippen molar-refractivity contribution in [2.45, 2.75) is 12.5 Å². The number of nitrogens with zero attached hydrogens (tertiary/aromatic N) is 4. The van der Waals surface area contributed by atoms with Crippen LogP contribution in [0.4, 0.5) is 5.82 Å². The van der Waals surface area contributed by atoms with E-state index in [-0.39, 0.29) is 17.6 Å². The maximum Gasteiger partial charge on any atom is 0.255 e. The molecule has 1 atom stereocenters. The maximum atomic E-state index is 12.4. The van der Waals surface area contributed by atoms with Gasteiger partial charge in [-0.3, -0.25) is 14.6 Å². The van der Waals surface area contributed by atoms with Gasteiger partial charge in [-0.2, -0.15) is 4.98 Å².